The van der Waals surface area contributed by atoms with Crippen LogP contribution in [0.1, 0.15) is 24.1 Å². The maximum Gasteiger partial charge on any atom is 0.252 e. The summed E-state index contributed by atoms with van der Waals surface area (Å²) in [6.07, 6.45) is 1.55. The molecule has 17 heavy (non-hydrogen) atoms. The van der Waals surface area contributed by atoms with Crippen LogP contribution >= 0.6 is 15.9 Å². The van der Waals surface area contributed by atoms with Crippen molar-refractivity contribution >= 4 is 15.9 Å². The Bertz CT molecular complexity index is 576. The van der Waals surface area contributed by atoms with Crippen molar-refractivity contribution in [3.8, 4) is 6.07 Å². The van der Waals surface area contributed by atoms with Crippen molar-refractivity contribution in [2.24, 2.45) is 0 Å². The Kier molecular flexibility index (Phi) is 3.24. The highest BCUT2D eigenvalue weighted by molar-refractivity contribution is 9.10. The fourth-order valence-electron chi connectivity index (χ4n) is 1.60. The number of rotatable bonds is 3. The molecule has 2 aromatic rings. The van der Waals surface area contributed by atoms with E-state index in [1.54, 1.807) is 11.0 Å². The summed E-state index contributed by atoms with van der Waals surface area (Å²) in [4.78, 5) is 3.87. The molecule has 88 valence electrons. The smallest absolute Gasteiger partial charge is 0.252 e. The van der Waals surface area contributed by atoms with Gasteiger partial charge >= 0.3 is 0 Å². The molecular weight excluding hydrogens is 284 g/mol. The molecule has 0 amide bonds. The first kappa shape index (κ1) is 11.8. The van der Waals surface area contributed by atoms with Crippen LogP contribution < -0.4 is 0 Å². The molecule has 0 aliphatic heterocycles. The first-order valence-corrected chi connectivity index (χ1v) is 5.96. The van der Waals surface area contributed by atoms with Crippen LogP contribution in [0.25, 0.3) is 0 Å². The van der Waals surface area contributed by atoms with E-state index in [4.69, 9.17) is 5.26 Å². The number of aryl methyl sites for hydroxylation is 2. The molecule has 6 nitrogen and oxygen atoms in total. The molecule has 2 aromatic heterocycles. The van der Waals surface area contributed by atoms with Crippen LogP contribution in [-0.2, 0) is 13.1 Å². The van der Waals surface area contributed by atoms with Crippen molar-refractivity contribution in [2.75, 3.05) is 0 Å². The van der Waals surface area contributed by atoms with Crippen molar-refractivity contribution in [3.63, 3.8) is 0 Å². The Morgan fingerprint density at radius 3 is 2.82 bits per heavy atom. The van der Waals surface area contributed by atoms with E-state index in [0.717, 1.165) is 22.4 Å². The minimum atomic E-state index is 0.181. The monoisotopic (exact) mass is 294 g/mol. The summed E-state index contributed by atoms with van der Waals surface area (Å²) >= 11 is 3.51. The molecule has 0 aromatic carbocycles. The van der Waals surface area contributed by atoms with Crippen molar-refractivity contribution in [2.45, 2.75) is 26.9 Å². The van der Waals surface area contributed by atoms with E-state index >= 15 is 0 Å². The van der Waals surface area contributed by atoms with Crippen LogP contribution in [0.5, 0.6) is 0 Å². The molecule has 0 atom stereocenters. The molecule has 0 unspecified atom stereocenters. The number of nitriles is 1. The Morgan fingerprint density at radius 2 is 2.24 bits per heavy atom. The molecule has 0 bridgehead atoms. The van der Waals surface area contributed by atoms with Gasteiger partial charge in [0.15, 0.2) is 0 Å². The second kappa shape index (κ2) is 4.67. The summed E-state index contributed by atoms with van der Waals surface area (Å²) < 4.78 is 4.52. The zero-order valence-corrected chi connectivity index (χ0v) is 11.1. The van der Waals surface area contributed by atoms with E-state index in [2.05, 4.69) is 31.1 Å². The molecule has 7 heteroatoms. The van der Waals surface area contributed by atoms with Crippen LogP contribution in [0.3, 0.4) is 0 Å². The lowest BCUT2D eigenvalue weighted by Crippen LogP contribution is -2.09. The summed E-state index contributed by atoms with van der Waals surface area (Å²) in [6.45, 7) is 5.32. The second-order valence-corrected chi connectivity index (χ2v) is 4.33. The summed E-state index contributed by atoms with van der Waals surface area (Å²) in [6, 6.07) is 1.90. The molecule has 0 radical (unpaired) electrons. The van der Waals surface area contributed by atoms with Crippen LogP contribution in [0.2, 0.25) is 0 Å². The number of hydrogen-bond acceptors (Lipinski definition) is 4. The maximum atomic E-state index is 8.66. The quantitative estimate of drug-likeness (QED) is 0.860. The zero-order valence-electron chi connectivity index (χ0n) is 9.55. The van der Waals surface area contributed by atoms with Gasteiger partial charge in [-0.1, -0.05) is 0 Å². The molecular formula is C10H11BrN6. The minimum Gasteiger partial charge on any atom is -0.267 e. The highest BCUT2D eigenvalue weighted by Crippen LogP contribution is 2.21. The van der Waals surface area contributed by atoms with Crippen molar-refractivity contribution in [1.82, 2.24) is 24.5 Å². The first-order chi connectivity index (χ1) is 8.15. The van der Waals surface area contributed by atoms with Gasteiger partial charge in [0.2, 0.25) is 0 Å². The highest BCUT2D eigenvalue weighted by Gasteiger charge is 2.13. The van der Waals surface area contributed by atoms with Crippen molar-refractivity contribution in [3.05, 3.63) is 28.0 Å². The van der Waals surface area contributed by atoms with E-state index < -0.39 is 0 Å². The molecule has 2 rings (SSSR count). The summed E-state index contributed by atoms with van der Waals surface area (Å²) in [5.74, 6) is 0.181. The standard InChI is InChI=1S/C10H11BrN6/c1-3-17-8(10(11)7(2)14-17)5-16-6-13-9(4-12)15-16/h6H,3,5H2,1-2H3. The normalized spacial score (nSPS) is 10.5. The third-order valence-corrected chi connectivity index (χ3v) is 3.43. The Morgan fingerprint density at radius 1 is 1.47 bits per heavy atom. The van der Waals surface area contributed by atoms with Gasteiger partial charge in [-0.2, -0.15) is 10.4 Å². The predicted octanol–water partition coefficient (Wildman–Crippen LogP) is 1.49. The number of nitrogens with zero attached hydrogens (tertiary/aromatic N) is 6. The van der Waals surface area contributed by atoms with E-state index in [9.17, 15) is 0 Å². The fraction of sp³-hybridized carbons (Fsp3) is 0.400. The molecule has 0 saturated carbocycles. The third-order valence-electron chi connectivity index (χ3n) is 2.40. The largest absolute Gasteiger partial charge is 0.267 e. The van der Waals surface area contributed by atoms with E-state index in [0.29, 0.717) is 6.54 Å². The van der Waals surface area contributed by atoms with Gasteiger partial charge in [0.25, 0.3) is 5.82 Å². The Labute approximate surface area is 107 Å². The summed E-state index contributed by atoms with van der Waals surface area (Å²) in [5.41, 5.74) is 1.97. The van der Waals surface area contributed by atoms with Crippen LogP contribution in [0, 0.1) is 18.3 Å². The molecule has 2 heterocycles. The lowest BCUT2D eigenvalue weighted by atomic mass is 10.3. The van der Waals surface area contributed by atoms with Gasteiger partial charge in [-0.05, 0) is 29.8 Å². The third kappa shape index (κ3) is 2.22. The predicted molar refractivity (Wildman–Crippen MR) is 64.2 cm³/mol. The van der Waals surface area contributed by atoms with Gasteiger partial charge < -0.3 is 0 Å². The molecule has 0 aliphatic rings. The van der Waals surface area contributed by atoms with E-state index in [-0.39, 0.29) is 5.82 Å². The van der Waals surface area contributed by atoms with Crippen molar-refractivity contribution in [1.29, 1.82) is 5.26 Å². The van der Waals surface area contributed by atoms with Gasteiger partial charge in [-0.15, -0.1) is 5.10 Å². The number of aromatic nitrogens is 5. The van der Waals surface area contributed by atoms with Gasteiger partial charge in [0, 0.05) is 6.54 Å². The topological polar surface area (TPSA) is 72.3 Å². The average Bonchev–Trinajstić information content (AvgIpc) is 2.89. The van der Waals surface area contributed by atoms with Crippen LogP contribution in [0.15, 0.2) is 10.8 Å². The molecule has 0 aliphatic carbocycles. The molecule has 0 fully saturated rings. The Hall–Kier alpha value is -1.68. The lowest BCUT2D eigenvalue weighted by Gasteiger charge is -2.04. The SMILES string of the molecule is CCn1nc(C)c(Br)c1Cn1cnc(C#N)n1. The Balaban J connectivity index is 2.32. The first-order valence-electron chi connectivity index (χ1n) is 5.17. The molecule has 0 N–H and O–H groups in total. The van der Waals surface area contributed by atoms with Crippen LogP contribution in [-0.4, -0.2) is 24.5 Å². The second-order valence-electron chi connectivity index (χ2n) is 3.54. The molecule has 0 spiro atoms. The maximum absolute atomic E-state index is 8.66. The van der Waals surface area contributed by atoms with E-state index in [1.807, 2.05) is 24.6 Å². The van der Waals surface area contributed by atoms with Gasteiger partial charge in [-0.3, -0.25) is 4.68 Å². The minimum absolute atomic E-state index is 0.181. The van der Waals surface area contributed by atoms with E-state index in [1.165, 1.54) is 0 Å². The zero-order chi connectivity index (χ0) is 12.4. The van der Waals surface area contributed by atoms with Gasteiger partial charge in [0.05, 0.1) is 22.4 Å². The summed E-state index contributed by atoms with van der Waals surface area (Å²) in [5, 5.41) is 17.1. The lowest BCUT2D eigenvalue weighted by molar-refractivity contribution is 0.573. The average molecular weight is 295 g/mol. The fourth-order valence-corrected chi connectivity index (χ4v) is 2.00. The number of halogens is 1. The number of hydrogen-bond donors (Lipinski definition) is 0. The summed E-state index contributed by atoms with van der Waals surface area (Å²) in [7, 11) is 0. The van der Waals surface area contributed by atoms with Gasteiger partial charge in [-0.25, -0.2) is 9.67 Å². The molecule has 0 saturated heterocycles. The van der Waals surface area contributed by atoms with Gasteiger partial charge in [0.1, 0.15) is 12.4 Å². The van der Waals surface area contributed by atoms with Crippen molar-refractivity contribution < 1.29 is 0 Å². The van der Waals surface area contributed by atoms with Crippen LogP contribution in [0.4, 0.5) is 0 Å². The highest BCUT2D eigenvalue weighted by atomic mass is 79.9.